The Morgan fingerprint density at radius 3 is 1.81 bits per heavy atom. The Morgan fingerprint density at radius 1 is 0.769 bits per heavy atom. The summed E-state index contributed by atoms with van der Waals surface area (Å²) < 4.78 is 5.19. The lowest BCUT2D eigenvalue weighted by atomic mass is 9.99. The molecule has 0 unspecified atom stereocenters. The van der Waals surface area contributed by atoms with Crippen LogP contribution in [0.25, 0.3) is 0 Å². The van der Waals surface area contributed by atoms with Gasteiger partial charge in [-0.1, -0.05) is 108 Å². The third-order valence-corrected chi connectivity index (χ3v) is 5.13. The molecule has 1 aromatic rings. The van der Waals surface area contributed by atoms with Crippen molar-refractivity contribution in [3.05, 3.63) is 35.4 Å². The predicted molar refractivity (Wildman–Crippen MR) is 112 cm³/mol. The van der Waals surface area contributed by atoms with Gasteiger partial charge < -0.3 is 4.74 Å². The number of carbonyl (C=O) groups excluding carboxylic acids is 1. The first-order valence-electron chi connectivity index (χ1n) is 10.9. The fourth-order valence-electron chi connectivity index (χ4n) is 3.51. The van der Waals surface area contributed by atoms with Gasteiger partial charge in [0.15, 0.2) is 5.78 Å². The topological polar surface area (TPSA) is 26.3 Å². The van der Waals surface area contributed by atoms with Crippen LogP contribution in [0.4, 0.5) is 0 Å². The highest BCUT2D eigenvalue weighted by molar-refractivity contribution is 5.97. The lowest BCUT2D eigenvalue weighted by molar-refractivity contribution is 0.0974. The molecule has 0 N–H and O–H groups in total. The van der Waals surface area contributed by atoms with Crippen LogP contribution in [0.15, 0.2) is 24.3 Å². The van der Waals surface area contributed by atoms with E-state index in [9.17, 15) is 4.79 Å². The zero-order valence-corrected chi connectivity index (χ0v) is 17.2. The summed E-state index contributed by atoms with van der Waals surface area (Å²) in [5, 5.41) is 0. The number of hydrogen-bond acceptors (Lipinski definition) is 2. The van der Waals surface area contributed by atoms with E-state index in [-0.39, 0.29) is 5.78 Å². The summed E-state index contributed by atoms with van der Waals surface area (Å²) in [5.41, 5.74) is 1.85. The smallest absolute Gasteiger partial charge is 0.163 e. The lowest BCUT2D eigenvalue weighted by Gasteiger charge is -2.08. The van der Waals surface area contributed by atoms with Crippen molar-refractivity contribution >= 4 is 5.78 Å². The molecule has 1 rings (SSSR count). The van der Waals surface area contributed by atoms with E-state index in [4.69, 9.17) is 4.74 Å². The number of carbonyl (C=O) groups is 1. The van der Waals surface area contributed by atoms with Gasteiger partial charge in [-0.3, -0.25) is 4.79 Å². The molecular formula is C24H40O2. The predicted octanol–water partition coefficient (Wildman–Crippen LogP) is 7.50. The molecule has 0 saturated heterocycles. The minimum absolute atomic E-state index is 0.265. The fourth-order valence-corrected chi connectivity index (χ4v) is 3.51. The van der Waals surface area contributed by atoms with Crippen LogP contribution < -0.4 is 0 Å². The Balaban J connectivity index is 1.98. The first-order valence-corrected chi connectivity index (χ1v) is 10.9. The third kappa shape index (κ3) is 10.8. The summed E-state index contributed by atoms with van der Waals surface area (Å²) >= 11 is 0. The molecule has 0 heterocycles. The summed E-state index contributed by atoms with van der Waals surface area (Å²) in [4.78, 5) is 12.4. The van der Waals surface area contributed by atoms with Gasteiger partial charge in [-0.2, -0.15) is 0 Å². The highest BCUT2D eigenvalue weighted by atomic mass is 16.5. The Bertz CT molecular complexity index is 467. The number of methoxy groups -OCH3 is 1. The highest BCUT2D eigenvalue weighted by Crippen LogP contribution is 2.16. The van der Waals surface area contributed by atoms with Crippen molar-refractivity contribution < 1.29 is 9.53 Å². The fraction of sp³-hybridized carbons (Fsp3) is 0.708. The molecule has 0 bridgehead atoms. The summed E-state index contributed by atoms with van der Waals surface area (Å²) in [6, 6.07) is 7.83. The van der Waals surface area contributed by atoms with Crippen molar-refractivity contribution in [2.45, 2.75) is 103 Å². The number of ether oxygens (including phenoxy) is 1. The van der Waals surface area contributed by atoms with Crippen molar-refractivity contribution in [3.63, 3.8) is 0 Å². The van der Waals surface area contributed by atoms with Gasteiger partial charge in [-0.05, 0) is 12.0 Å². The summed E-state index contributed by atoms with van der Waals surface area (Å²) in [6.45, 7) is 2.79. The molecule has 0 aliphatic rings. The number of hydrogen-bond donors (Lipinski definition) is 0. The van der Waals surface area contributed by atoms with E-state index < -0.39 is 0 Å². The van der Waals surface area contributed by atoms with Gasteiger partial charge in [-0.15, -0.1) is 0 Å². The molecule has 0 atom stereocenters. The van der Waals surface area contributed by atoms with E-state index in [1.54, 1.807) is 7.11 Å². The molecule has 2 nitrogen and oxygen atoms in total. The van der Waals surface area contributed by atoms with Gasteiger partial charge >= 0.3 is 0 Å². The van der Waals surface area contributed by atoms with E-state index in [0.29, 0.717) is 13.0 Å². The maximum absolute atomic E-state index is 12.4. The molecule has 1 aromatic carbocycles. The average molecular weight is 361 g/mol. The van der Waals surface area contributed by atoms with Crippen LogP contribution in [0.5, 0.6) is 0 Å². The van der Waals surface area contributed by atoms with Crippen LogP contribution in [-0.4, -0.2) is 12.9 Å². The Morgan fingerprint density at radius 2 is 1.27 bits per heavy atom. The first-order chi connectivity index (χ1) is 12.8. The number of unbranched alkanes of at least 4 members (excludes halogenated alkanes) is 12. The number of benzene rings is 1. The van der Waals surface area contributed by atoms with Crippen LogP contribution in [-0.2, 0) is 11.3 Å². The van der Waals surface area contributed by atoms with Gasteiger partial charge in [0.05, 0.1) is 6.61 Å². The Kier molecular flexibility index (Phi) is 14.1. The molecule has 0 aliphatic carbocycles. The second kappa shape index (κ2) is 16.1. The SMILES string of the molecule is CCCCCCCCCCCCCCCC(=O)c1ccccc1COC. The zero-order chi connectivity index (χ0) is 18.9. The molecule has 148 valence electrons. The minimum Gasteiger partial charge on any atom is -0.380 e. The summed E-state index contributed by atoms with van der Waals surface area (Å²) in [5.74, 6) is 0.265. The summed E-state index contributed by atoms with van der Waals surface area (Å²) in [6.07, 6.45) is 18.0. The number of rotatable bonds is 17. The molecule has 0 spiro atoms. The molecule has 0 amide bonds. The average Bonchev–Trinajstić information content (AvgIpc) is 2.66. The molecular weight excluding hydrogens is 320 g/mol. The molecule has 0 saturated carbocycles. The first kappa shape index (κ1) is 22.9. The number of Topliss-reactive ketones (excluding diaryl/α,β-unsaturated/α-hetero) is 1. The monoisotopic (exact) mass is 360 g/mol. The maximum atomic E-state index is 12.4. The molecule has 0 aromatic heterocycles. The second-order valence-electron chi connectivity index (χ2n) is 7.51. The molecule has 0 radical (unpaired) electrons. The van der Waals surface area contributed by atoms with E-state index in [1.165, 1.54) is 77.0 Å². The van der Waals surface area contributed by atoms with Gasteiger partial charge in [0.1, 0.15) is 0 Å². The van der Waals surface area contributed by atoms with Crippen molar-refractivity contribution in [2.75, 3.05) is 7.11 Å². The van der Waals surface area contributed by atoms with Crippen LogP contribution in [0.2, 0.25) is 0 Å². The molecule has 26 heavy (non-hydrogen) atoms. The van der Waals surface area contributed by atoms with E-state index in [1.807, 2.05) is 24.3 Å². The highest BCUT2D eigenvalue weighted by Gasteiger charge is 2.10. The lowest BCUT2D eigenvalue weighted by Crippen LogP contribution is -2.04. The maximum Gasteiger partial charge on any atom is 0.163 e. The third-order valence-electron chi connectivity index (χ3n) is 5.13. The largest absolute Gasteiger partial charge is 0.380 e. The number of ketones is 1. The van der Waals surface area contributed by atoms with E-state index in [2.05, 4.69) is 6.92 Å². The van der Waals surface area contributed by atoms with Crippen molar-refractivity contribution in [1.29, 1.82) is 0 Å². The zero-order valence-electron chi connectivity index (χ0n) is 17.2. The second-order valence-corrected chi connectivity index (χ2v) is 7.51. The molecule has 0 fully saturated rings. The van der Waals surface area contributed by atoms with E-state index >= 15 is 0 Å². The summed E-state index contributed by atoms with van der Waals surface area (Å²) in [7, 11) is 1.67. The van der Waals surface area contributed by atoms with Gasteiger partial charge in [-0.25, -0.2) is 0 Å². The molecule has 2 heteroatoms. The standard InChI is InChI=1S/C24H40O2/c1-3-4-5-6-7-8-9-10-11-12-13-14-15-20-24(25)23-19-17-16-18-22(23)21-26-2/h16-19H,3-15,20-21H2,1-2H3. The van der Waals surface area contributed by atoms with Gasteiger partial charge in [0, 0.05) is 19.1 Å². The normalized spacial score (nSPS) is 11.0. The Labute approximate surface area is 161 Å². The van der Waals surface area contributed by atoms with Gasteiger partial charge in [0.2, 0.25) is 0 Å². The molecule has 0 aliphatic heterocycles. The van der Waals surface area contributed by atoms with Crippen LogP contribution in [0.3, 0.4) is 0 Å². The van der Waals surface area contributed by atoms with Crippen LogP contribution >= 0.6 is 0 Å². The Hall–Kier alpha value is -1.15. The van der Waals surface area contributed by atoms with Crippen molar-refractivity contribution in [1.82, 2.24) is 0 Å². The van der Waals surface area contributed by atoms with Crippen LogP contribution in [0, 0.1) is 0 Å². The minimum atomic E-state index is 0.265. The van der Waals surface area contributed by atoms with Crippen molar-refractivity contribution in [2.24, 2.45) is 0 Å². The van der Waals surface area contributed by atoms with E-state index in [0.717, 1.165) is 17.5 Å². The van der Waals surface area contributed by atoms with Crippen molar-refractivity contribution in [3.8, 4) is 0 Å². The quantitative estimate of drug-likeness (QED) is 0.212. The van der Waals surface area contributed by atoms with Crippen LogP contribution in [0.1, 0.15) is 113 Å². The van der Waals surface area contributed by atoms with Gasteiger partial charge in [0.25, 0.3) is 0 Å².